The molecule has 1 N–H and O–H groups in total. The summed E-state index contributed by atoms with van der Waals surface area (Å²) < 4.78 is 0. The molecule has 0 spiro atoms. The zero-order valence-electron chi connectivity index (χ0n) is 6.31. The maximum absolute atomic E-state index is 10.9. The Hall–Kier alpha value is -0.660. The fourth-order valence-corrected chi connectivity index (χ4v) is 1.41. The van der Waals surface area contributed by atoms with Gasteiger partial charge in [0.1, 0.15) is 5.78 Å². The van der Waals surface area contributed by atoms with Crippen LogP contribution in [0.25, 0.3) is 0 Å². The van der Waals surface area contributed by atoms with Gasteiger partial charge in [-0.25, -0.2) is 0 Å². The molecule has 0 aliphatic heterocycles. The molecule has 0 heterocycles. The molecule has 56 valence electrons. The fourth-order valence-electron chi connectivity index (χ4n) is 1.41. The van der Waals surface area contributed by atoms with E-state index < -0.39 is 0 Å². The lowest BCUT2D eigenvalue weighted by Gasteiger charge is -2.19. The first-order chi connectivity index (χ1) is 4.72. The molecule has 1 rings (SSSR count). The Morgan fingerprint density at radius 1 is 1.60 bits per heavy atom. The highest BCUT2D eigenvalue weighted by Crippen LogP contribution is 2.21. The molecule has 1 atom stereocenters. The second-order valence-corrected chi connectivity index (χ2v) is 3.00. The molecular formula is C8H13NO. The Labute approximate surface area is 61.1 Å². The Balaban J connectivity index is 2.50. The number of carbonyl (C=O) groups is 1. The van der Waals surface area contributed by atoms with Crippen LogP contribution in [0, 0.1) is 11.3 Å². The third-order valence-corrected chi connectivity index (χ3v) is 2.04. The monoisotopic (exact) mass is 139 g/mol. The van der Waals surface area contributed by atoms with Gasteiger partial charge in [-0.15, -0.1) is 0 Å². The zero-order valence-corrected chi connectivity index (χ0v) is 6.31. The predicted molar refractivity (Wildman–Crippen MR) is 40.4 cm³/mol. The summed E-state index contributed by atoms with van der Waals surface area (Å²) in [5.74, 6) is 0.719. The molecule has 0 aromatic carbocycles. The van der Waals surface area contributed by atoms with Crippen molar-refractivity contribution in [3.8, 4) is 0 Å². The zero-order chi connectivity index (χ0) is 7.56. The summed E-state index contributed by atoms with van der Waals surface area (Å²) >= 11 is 0. The van der Waals surface area contributed by atoms with Crippen molar-refractivity contribution in [2.24, 2.45) is 5.92 Å². The highest BCUT2D eigenvalue weighted by Gasteiger charge is 2.20. The Morgan fingerprint density at radius 2 is 2.30 bits per heavy atom. The molecule has 2 heteroatoms. The lowest BCUT2D eigenvalue weighted by Crippen LogP contribution is -2.21. The van der Waals surface area contributed by atoms with Crippen molar-refractivity contribution in [1.29, 1.82) is 5.41 Å². The van der Waals surface area contributed by atoms with Crippen molar-refractivity contribution in [3.05, 3.63) is 0 Å². The van der Waals surface area contributed by atoms with Gasteiger partial charge in [-0.1, -0.05) is 13.3 Å². The maximum atomic E-state index is 10.9. The average Bonchev–Trinajstić information content (AvgIpc) is 1.85. The second-order valence-electron chi connectivity index (χ2n) is 3.00. The van der Waals surface area contributed by atoms with Crippen LogP contribution >= 0.6 is 0 Å². The third kappa shape index (κ3) is 1.66. The second kappa shape index (κ2) is 2.95. The SMILES string of the molecule is CCC1CC(=N)CC(=O)C1. The molecule has 10 heavy (non-hydrogen) atoms. The highest BCUT2D eigenvalue weighted by molar-refractivity contribution is 6.02. The molecule has 1 aliphatic rings. The summed E-state index contributed by atoms with van der Waals surface area (Å²) in [5.41, 5.74) is 0.628. The Kier molecular flexibility index (Phi) is 2.20. The van der Waals surface area contributed by atoms with Gasteiger partial charge < -0.3 is 5.41 Å². The van der Waals surface area contributed by atoms with Crippen molar-refractivity contribution in [3.63, 3.8) is 0 Å². The standard InChI is InChI=1S/C8H13NO/c1-2-6-3-7(9)5-8(10)4-6/h6,9H,2-5H2,1H3. The lowest BCUT2D eigenvalue weighted by molar-refractivity contribution is -0.119. The maximum Gasteiger partial charge on any atom is 0.138 e. The van der Waals surface area contributed by atoms with E-state index in [1.807, 2.05) is 0 Å². The van der Waals surface area contributed by atoms with E-state index in [0.717, 1.165) is 12.8 Å². The van der Waals surface area contributed by atoms with Crippen LogP contribution in [0.15, 0.2) is 0 Å². The largest absolute Gasteiger partial charge is 0.309 e. The minimum absolute atomic E-state index is 0.253. The molecule has 0 saturated heterocycles. The van der Waals surface area contributed by atoms with Crippen molar-refractivity contribution >= 4 is 11.5 Å². The minimum Gasteiger partial charge on any atom is -0.309 e. The smallest absolute Gasteiger partial charge is 0.138 e. The Morgan fingerprint density at radius 3 is 2.80 bits per heavy atom. The van der Waals surface area contributed by atoms with Crippen molar-refractivity contribution in [2.45, 2.75) is 32.6 Å². The van der Waals surface area contributed by atoms with Gasteiger partial charge in [0.05, 0.1) is 0 Å². The topological polar surface area (TPSA) is 40.9 Å². The van der Waals surface area contributed by atoms with E-state index >= 15 is 0 Å². The van der Waals surface area contributed by atoms with Crippen LogP contribution in [-0.2, 0) is 4.79 Å². The van der Waals surface area contributed by atoms with E-state index in [-0.39, 0.29) is 5.78 Å². The Bertz CT molecular complexity index is 147. The molecule has 0 aromatic heterocycles. The van der Waals surface area contributed by atoms with Gasteiger partial charge in [-0.2, -0.15) is 0 Å². The number of rotatable bonds is 1. The molecule has 1 fully saturated rings. The third-order valence-electron chi connectivity index (χ3n) is 2.04. The van der Waals surface area contributed by atoms with Crippen LogP contribution in [0.4, 0.5) is 0 Å². The molecule has 0 aromatic rings. The van der Waals surface area contributed by atoms with Crippen LogP contribution in [0.1, 0.15) is 32.6 Å². The van der Waals surface area contributed by atoms with Gasteiger partial charge in [0.2, 0.25) is 0 Å². The predicted octanol–water partition coefficient (Wildman–Crippen LogP) is 1.79. The van der Waals surface area contributed by atoms with Crippen LogP contribution < -0.4 is 0 Å². The molecular weight excluding hydrogens is 126 g/mol. The van der Waals surface area contributed by atoms with Gasteiger partial charge >= 0.3 is 0 Å². The van der Waals surface area contributed by atoms with Crippen LogP contribution in [0.3, 0.4) is 0 Å². The van der Waals surface area contributed by atoms with E-state index in [2.05, 4.69) is 6.92 Å². The van der Waals surface area contributed by atoms with Crippen molar-refractivity contribution < 1.29 is 4.79 Å². The van der Waals surface area contributed by atoms with E-state index in [1.54, 1.807) is 0 Å². The van der Waals surface area contributed by atoms with Gasteiger partial charge in [0.15, 0.2) is 0 Å². The van der Waals surface area contributed by atoms with Crippen molar-refractivity contribution in [2.75, 3.05) is 0 Å². The van der Waals surface area contributed by atoms with Crippen LogP contribution in [0.5, 0.6) is 0 Å². The first-order valence-electron chi connectivity index (χ1n) is 3.80. The molecule has 1 saturated carbocycles. The number of nitrogens with one attached hydrogen (secondary N) is 1. The molecule has 2 nitrogen and oxygen atoms in total. The molecule has 1 aliphatic carbocycles. The van der Waals surface area contributed by atoms with E-state index in [0.29, 0.717) is 24.5 Å². The number of Topliss-reactive ketones (excluding diaryl/α,β-unsaturated/α-hetero) is 1. The highest BCUT2D eigenvalue weighted by atomic mass is 16.1. The normalized spacial score (nSPS) is 27.1. The minimum atomic E-state index is 0.253. The van der Waals surface area contributed by atoms with E-state index in [9.17, 15) is 4.79 Å². The first kappa shape index (κ1) is 7.45. The van der Waals surface area contributed by atoms with Gasteiger partial charge in [-0.3, -0.25) is 4.79 Å². The molecule has 0 amide bonds. The summed E-state index contributed by atoms with van der Waals surface area (Å²) in [6.45, 7) is 2.08. The number of hydrogen-bond acceptors (Lipinski definition) is 2. The fraction of sp³-hybridized carbons (Fsp3) is 0.750. The number of carbonyl (C=O) groups excluding carboxylic acids is 1. The molecule has 0 radical (unpaired) electrons. The summed E-state index contributed by atoms with van der Waals surface area (Å²) in [6.07, 6.45) is 3.01. The first-order valence-corrected chi connectivity index (χ1v) is 3.80. The van der Waals surface area contributed by atoms with Crippen LogP contribution in [0.2, 0.25) is 0 Å². The number of ketones is 1. The van der Waals surface area contributed by atoms with E-state index in [1.165, 1.54) is 0 Å². The summed E-state index contributed by atoms with van der Waals surface area (Å²) in [5, 5.41) is 7.33. The van der Waals surface area contributed by atoms with Gasteiger partial charge in [-0.05, 0) is 12.3 Å². The summed E-state index contributed by atoms with van der Waals surface area (Å²) in [4.78, 5) is 10.9. The number of hydrogen-bond donors (Lipinski definition) is 1. The quantitative estimate of drug-likeness (QED) is 0.591. The average molecular weight is 139 g/mol. The lowest BCUT2D eigenvalue weighted by atomic mass is 9.85. The van der Waals surface area contributed by atoms with Crippen molar-refractivity contribution in [1.82, 2.24) is 0 Å². The van der Waals surface area contributed by atoms with Gasteiger partial charge in [0.25, 0.3) is 0 Å². The molecule has 1 unspecified atom stereocenters. The summed E-state index contributed by atoms with van der Waals surface area (Å²) in [7, 11) is 0. The van der Waals surface area contributed by atoms with Crippen LogP contribution in [-0.4, -0.2) is 11.5 Å². The molecule has 0 bridgehead atoms. The van der Waals surface area contributed by atoms with E-state index in [4.69, 9.17) is 5.41 Å². The van der Waals surface area contributed by atoms with Gasteiger partial charge in [0, 0.05) is 18.6 Å². The summed E-state index contributed by atoms with van der Waals surface area (Å²) in [6, 6.07) is 0.